The predicted molar refractivity (Wildman–Crippen MR) is 184 cm³/mol. The highest BCUT2D eigenvalue weighted by atomic mass is 19.1. The number of likely N-dealkylation sites (tertiary alicyclic amines) is 1. The number of hydrogen-bond acceptors (Lipinski definition) is 5. The van der Waals surface area contributed by atoms with Gasteiger partial charge in [0.1, 0.15) is 11.6 Å². The molecule has 1 aliphatic carbocycles. The summed E-state index contributed by atoms with van der Waals surface area (Å²) in [6, 6.07) is 28.9. The molecule has 5 nitrogen and oxygen atoms in total. The van der Waals surface area contributed by atoms with E-state index in [2.05, 4.69) is 89.9 Å². The van der Waals surface area contributed by atoms with Gasteiger partial charge in [0, 0.05) is 19.0 Å². The quantitative estimate of drug-likeness (QED) is 0.162. The Morgan fingerprint density at radius 3 is 2.13 bits per heavy atom. The van der Waals surface area contributed by atoms with Gasteiger partial charge in [0.25, 0.3) is 0 Å². The van der Waals surface area contributed by atoms with Crippen LogP contribution in [-0.4, -0.2) is 42.0 Å². The van der Waals surface area contributed by atoms with Crippen molar-refractivity contribution in [3.05, 3.63) is 125 Å². The first-order valence-electron chi connectivity index (χ1n) is 17.5. The predicted octanol–water partition coefficient (Wildman–Crippen LogP) is 8.72. The molecule has 1 N–H and O–H groups in total. The van der Waals surface area contributed by atoms with Crippen molar-refractivity contribution in [1.29, 1.82) is 0 Å². The van der Waals surface area contributed by atoms with Crippen LogP contribution < -0.4 is 5.32 Å². The summed E-state index contributed by atoms with van der Waals surface area (Å²) < 4.78 is 20.5. The second kappa shape index (κ2) is 16.0. The van der Waals surface area contributed by atoms with E-state index in [1.807, 2.05) is 12.1 Å². The van der Waals surface area contributed by atoms with Crippen molar-refractivity contribution in [2.75, 3.05) is 27.2 Å². The van der Waals surface area contributed by atoms with E-state index in [-0.39, 0.29) is 11.9 Å². The van der Waals surface area contributed by atoms with Crippen molar-refractivity contribution in [3.63, 3.8) is 0 Å². The van der Waals surface area contributed by atoms with E-state index < -0.39 is 0 Å². The van der Waals surface area contributed by atoms with Gasteiger partial charge in [-0.3, -0.25) is 4.90 Å². The van der Waals surface area contributed by atoms with E-state index in [9.17, 15) is 4.39 Å². The van der Waals surface area contributed by atoms with Crippen molar-refractivity contribution in [2.45, 2.75) is 83.0 Å². The lowest BCUT2D eigenvalue weighted by Gasteiger charge is -2.40. The molecule has 2 atom stereocenters. The number of benzene rings is 3. The van der Waals surface area contributed by atoms with Crippen molar-refractivity contribution in [2.24, 2.45) is 11.8 Å². The zero-order valence-corrected chi connectivity index (χ0v) is 27.7. The van der Waals surface area contributed by atoms with Crippen molar-refractivity contribution < 1.29 is 8.81 Å². The molecule has 6 rings (SSSR count). The van der Waals surface area contributed by atoms with Crippen molar-refractivity contribution >= 4 is 0 Å². The third kappa shape index (κ3) is 8.52. The highest BCUT2D eigenvalue weighted by Crippen LogP contribution is 2.43. The number of nitrogens with zero attached hydrogens (tertiary/aromatic N) is 3. The van der Waals surface area contributed by atoms with Gasteiger partial charge in [0.2, 0.25) is 5.89 Å². The lowest BCUT2D eigenvalue weighted by Crippen LogP contribution is -2.36. The molecule has 2 aliphatic rings. The highest BCUT2D eigenvalue weighted by Gasteiger charge is 2.35. The van der Waals surface area contributed by atoms with Gasteiger partial charge in [-0.15, -0.1) is 0 Å². The Bertz CT molecular complexity index is 1460. The molecule has 0 spiro atoms. The summed E-state index contributed by atoms with van der Waals surface area (Å²) in [7, 11) is 4.32. The van der Waals surface area contributed by atoms with Gasteiger partial charge in [-0.25, -0.2) is 9.37 Å². The van der Waals surface area contributed by atoms with Crippen LogP contribution in [0.5, 0.6) is 0 Å². The van der Waals surface area contributed by atoms with Gasteiger partial charge >= 0.3 is 0 Å². The largest absolute Gasteiger partial charge is 0.442 e. The first-order valence-corrected chi connectivity index (χ1v) is 17.5. The molecule has 0 radical (unpaired) electrons. The molecule has 0 bridgehead atoms. The van der Waals surface area contributed by atoms with Crippen LogP contribution >= 0.6 is 0 Å². The van der Waals surface area contributed by atoms with Crippen LogP contribution in [0.4, 0.5) is 4.39 Å². The van der Waals surface area contributed by atoms with Gasteiger partial charge in [0.05, 0.1) is 18.3 Å². The molecule has 1 aromatic heterocycles. The molecule has 6 heteroatoms. The van der Waals surface area contributed by atoms with Crippen LogP contribution in [0.1, 0.15) is 97.5 Å². The topological polar surface area (TPSA) is 44.5 Å². The fourth-order valence-electron chi connectivity index (χ4n) is 7.87. The summed E-state index contributed by atoms with van der Waals surface area (Å²) in [4.78, 5) is 10.3. The molecule has 4 aromatic rings. The Morgan fingerprint density at radius 1 is 0.826 bits per heavy atom. The fraction of sp³-hybridized carbons (Fsp3) is 0.475. The maximum absolute atomic E-state index is 13.7. The molecule has 46 heavy (non-hydrogen) atoms. The second-order valence-electron chi connectivity index (χ2n) is 13.8. The number of halogens is 1. The summed E-state index contributed by atoms with van der Waals surface area (Å²) in [6.45, 7) is 3.69. The molecular weight excluding hydrogens is 571 g/mol. The van der Waals surface area contributed by atoms with Crippen LogP contribution in [0.3, 0.4) is 0 Å². The van der Waals surface area contributed by atoms with E-state index in [4.69, 9.17) is 9.40 Å². The molecule has 2 heterocycles. The van der Waals surface area contributed by atoms with Crippen LogP contribution in [-0.2, 0) is 19.5 Å². The van der Waals surface area contributed by atoms with Crippen LogP contribution in [0.25, 0.3) is 0 Å². The van der Waals surface area contributed by atoms with Crippen molar-refractivity contribution in [1.82, 2.24) is 20.1 Å². The molecule has 2 fully saturated rings. The second-order valence-corrected chi connectivity index (χ2v) is 13.8. The standard InChI is InChI=1S/C40H51FN4O/c1-44(2)39(34-20-22-35(41)23-21-34)33-18-16-31(17-19-33)27-37(45-24-10-5-11-25-45)40-43-36(26-30-12-6-3-7-13-30)38(46-40)29-42-28-32-14-8-4-9-15-32/h3-4,6-9,12-15,20-23,31,33,37,39,42H,5,10-11,16-19,24-29H2,1-2H3. The van der Waals surface area contributed by atoms with Crippen LogP contribution in [0.2, 0.25) is 0 Å². The number of aromatic nitrogens is 1. The SMILES string of the molecule is CN(C)C(c1ccc(F)cc1)C1CCC(CC(c2nc(Cc3ccccc3)c(CNCc3ccccc3)o2)N2CCCCC2)CC1. The lowest BCUT2D eigenvalue weighted by molar-refractivity contribution is 0.0934. The molecular formula is C40H51FN4O. The van der Waals surface area contributed by atoms with Gasteiger partial charge < -0.3 is 14.6 Å². The van der Waals surface area contributed by atoms with E-state index in [0.717, 1.165) is 49.8 Å². The first-order chi connectivity index (χ1) is 22.5. The Morgan fingerprint density at radius 2 is 1.48 bits per heavy atom. The monoisotopic (exact) mass is 622 g/mol. The number of oxazole rings is 1. The Labute approximate surface area is 275 Å². The minimum Gasteiger partial charge on any atom is -0.442 e. The Hall–Kier alpha value is -3.32. The summed E-state index contributed by atoms with van der Waals surface area (Å²) >= 11 is 0. The molecule has 1 saturated heterocycles. The molecule has 2 unspecified atom stereocenters. The summed E-state index contributed by atoms with van der Waals surface area (Å²) in [6.07, 6.45) is 10.5. The van der Waals surface area contributed by atoms with E-state index in [0.29, 0.717) is 24.4 Å². The average molecular weight is 623 g/mol. The normalized spacial score (nSPS) is 20.5. The zero-order valence-electron chi connectivity index (χ0n) is 27.7. The van der Waals surface area contributed by atoms with Gasteiger partial charge in [-0.05, 0) is 99.9 Å². The maximum atomic E-state index is 13.7. The number of piperidine rings is 1. The average Bonchev–Trinajstić information content (AvgIpc) is 3.48. The number of hydrogen-bond donors (Lipinski definition) is 1. The smallest absolute Gasteiger partial charge is 0.212 e. The Kier molecular flexibility index (Phi) is 11.3. The number of rotatable bonds is 13. The maximum Gasteiger partial charge on any atom is 0.212 e. The zero-order chi connectivity index (χ0) is 31.7. The highest BCUT2D eigenvalue weighted by molar-refractivity contribution is 5.25. The lowest BCUT2D eigenvalue weighted by atomic mass is 9.74. The van der Waals surface area contributed by atoms with E-state index in [1.165, 1.54) is 61.6 Å². The summed E-state index contributed by atoms with van der Waals surface area (Å²) in [5, 5.41) is 3.63. The fourth-order valence-corrected chi connectivity index (χ4v) is 7.87. The van der Waals surface area contributed by atoms with Crippen LogP contribution in [0, 0.1) is 17.7 Å². The molecule has 244 valence electrons. The number of nitrogens with one attached hydrogen (secondary N) is 1. The minimum atomic E-state index is -0.165. The Balaban J connectivity index is 1.18. The third-order valence-electron chi connectivity index (χ3n) is 10.2. The van der Waals surface area contributed by atoms with E-state index >= 15 is 0 Å². The third-order valence-corrected chi connectivity index (χ3v) is 10.2. The van der Waals surface area contributed by atoms with Gasteiger partial charge in [0.15, 0.2) is 0 Å². The van der Waals surface area contributed by atoms with E-state index in [1.54, 1.807) is 12.1 Å². The van der Waals surface area contributed by atoms with Gasteiger partial charge in [-0.2, -0.15) is 0 Å². The molecule has 1 saturated carbocycles. The first kappa shape index (κ1) is 32.6. The van der Waals surface area contributed by atoms with Crippen LogP contribution in [0.15, 0.2) is 89.3 Å². The summed E-state index contributed by atoms with van der Waals surface area (Å²) in [5.74, 6) is 2.93. The molecule has 0 amide bonds. The summed E-state index contributed by atoms with van der Waals surface area (Å²) in [5.41, 5.74) is 4.81. The molecule has 3 aromatic carbocycles. The van der Waals surface area contributed by atoms with Crippen molar-refractivity contribution in [3.8, 4) is 0 Å². The molecule has 1 aliphatic heterocycles. The minimum absolute atomic E-state index is 0.165. The van der Waals surface area contributed by atoms with Gasteiger partial charge in [-0.1, -0.05) is 92.1 Å².